The van der Waals surface area contributed by atoms with Gasteiger partial charge in [-0.2, -0.15) is 4.80 Å². The van der Waals surface area contributed by atoms with Crippen molar-refractivity contribution in [1.82, 2.24) is 20.2 Å². The first-order valence-corrected chi connectivity index (χ1v) is 6.97. The van der Waals surface area contributed by atoms with Crippen LogP contribution in [0.2, 0.25) is 0 Å². The molecule has 0 saturated carbocycles. The van der Waals surface area contributed by atoms with Gasteiger partial charge in [0.1, 0.15) is 16.4 Å². The lowest BCUT2D eigenvalue weighted by atomic mass is 10.3. The first-order chi connectivity index (χ1) is 8.92. The Morgan fingerprint density at radius 3 is 2.74 bits per heavy atom. The molecule has 19 heavy (non-hydrogen) atoms. The smallest absolute Gasteiger partial charge is 0.190 e. The minimum absolute atomic E-state index is 0.0525. The highest BCUT2D eigenvalue weighted by molar-refractivity contribution is 7.90. The normalized spacial score (nSPS) is 11.5. The zero-order valence-corrected chi connectivity index (χ0v) is 11.3. The summed E-state index contributed by atoms with van der Waals surface area (Å²) < 4.78 is 29.6. The van der Waals surface area contributed by atoms with Crippen molar-refractivity contribution in [2.75, 3.05) is 12.8 Å². The molecule has 1 aromatic carbocycles. The number of benzene rings is 1. The molecule has 2 aromatic rings. The van der Waals surface area contributed by atoms with Crippen molar-refractivity contribution in [3.8, 4) is 5.75 Å². The Hall–Kier alpha value is -2.16. The van der Waals surface area contributed by atoms with Crippen molar-refractivity contribution in [2.45, 2.75) is 10.6 Å². The Kier molecular flexibility index (Phi) is 3.38. The molecule has 0 radical (unpaired) electrons. The second kappa shape index (κ2) is 4.84. The molecule has 0 aliphatic heterocycles. The molecule has 0 atom stereocenters. The molecule has 9 heteroatoms. The topological polar surface area (TPSA) is 113 Å². The van der Waals surface area contributed by atoms with E-state index in [1.54, 1.807) is 7.05 Å². The minimum atomic E-state index is -3.62. The fourth-order valence-electron chi connectivity index (χ4n) is 1.57. The zero-order valence-electron chi connectivity index (χ0n) is 10.4. The van der Waals surface area contributed by atoms with Gasteiger partial charge in [0.2, 0.25) is 0 Å². The molecule has 0 saturated heterocycles. The number of nitrogens with two attached hydrogens (primary N) is 1. The van der Waals surface area contributed by atoms with E-state index in [-0.39, 0.29) is 22.2 Å². The first-order valence-electron chi connectivity index (χ1n) is 5.31. The maximum Gasteiger partial charge on any atom is 0.190 e. The van der Waals surface area contributed by atoms with Gasteiger partial charge in [0, 0.05) is 11.8 Å². The van der Waals surface area contributed by atoms with E-state index in [1.807, 2.05) is 0 Å². The molecule has 0 aliphatic carbocycles. The zero-order chi connectivity index (χ0) is 14.0. The van der Waals surface area contributed by atoms with Gasteiger partial charge in [-0.3, -0.25) is 0 Å². The van der Waals surface area contributed by atoms with Gasteiger partial charge >= 0.3 is 0 Å². The predicted molar refractivity (Wildman–Crippen MR) is 67.1 cm³/mol. The number of nitrogens with zero attached hydrogens (tertiary/aromatic N) is 4. The predicted octanol–water partition coefficient (Wildman–Crippen LogP) is -0.225. The molecular formula is C10H13N5O3S. The van der Waals surface area contributed by atoms with Gasteiger partial charge in [-0.25, -0.2) is 8.42 Å². The first kappa shape index (κ1) is 13.3. The number of anilines is 1. The van der Waals surface area contributed by atoms with E-state index in [9.17, 15) is 8.42 Å². The summed E-state index contributed by atoms with van der Waals surface area (Å²) in [5, 5.41) is 11.1. The van der Waals surface area contributed by atoms with Crippen LogP contribution in [0, 0.1) is 0 Å². The fourth-order valence-corrected chi connectivity index (χ4v) is 2.91. The third-order valence-electron chi connectivity index (χ3n) is 2.39. The number of tetrazole rings is 1. The molecule has 2 rings (SSSR count). The fraction of sp³-hybridized carbons (Fsp3) is 0.300. The molecule has 0 amide bonds. The van der Waals surface area contributed by atoms with Gasteiger partial charge in [0.05, 0.1) is 14.2 Å². The molecular weight excluding hydrogens is 270 g/mol. The largest absolute Gasteiger partial charge is 0.495 e. The second-order valence-electron chi connectivity index (χ2n) is 3.86. The summed E-state index contributed by atoms with van der Waals surface area (Å²) >= 11 is 0. The molecule has 0 unspecified atom stereocenters. The Morgan fingerprint density at radius 1 is 1.42 bits per heavy atom. The Bertz CT molecular complexity index is 695. The summed E-state index contributed by atoms with van der Waals surface area (Å²) in [7, 11) is -0.673. The maximum atomic E-state index is 12.3. The molecule has 0 fully saturated rings. The van der Waals surface area contributed by atoms with Crippen molar-refractivity contribution in [3.63, 3.8) is 0 Å². The Labute approximate surface area is 110 Å². The van der Waals surface area contributed by atoms with Gasteiger partial charge in [-0.05, 0) is 17.3 Å². The molecule has 0 aliphatic rings. The lowest BCUT2D eigenvalue weighted by Crippen LogP contribution is -2.09. The van der Waals surface area contributed by atoms with Gasteiger partial charge in [-0.1, -0.05) is 0 Å². The van der Waals surface area contributed by atoms with Gasteiger partial charge in [-0.15, -0.1) is 10.2 Å². The summed E-state index contributed by atoms with van der Waals surface area (Å²) in [6, 6.07) is 4.36. The minimum Gasteiger partial charge on any atom is -0.495 e. The number of hydrogen-bond donors (Lipinski definition) is 1. The third-order valence-corrected chi connectivity index (χ3v) is 4.04. The highest BCUT2D eigenvalue weighted by atomic mass is 32.2. The SMILES string of the molecule is COc1cc(N)ccc1S(=O)(=O)Cc1nnn(C)n1. The van der Waals surface area contributed by atoms with Crippen LogP contribution in [0.15, 0.2) is 23.1 Å². The average molecular weight is 283 g/mol. The number of rotatable bonds is 4. The van der Waals surface area contributed by atoms with Crippen molar-refractivity contribution in [3.05, 3.63) is 24.0 Å². The van der Waals surface area contributed by atoms with Crippen LogP contribution in [0.1, 0.15) is 5.82 Å². The maximum absolute atomic E-state index is 12.3. The van der Waals surface area contributed by atoms with Crippen LogP contribution < -0.4 is 10.5 Å². The molecule has 2 N–H and O–H groups in total. The van der Waals surface area contributed by atoms with Crippen LogP contribution in [0.4, 0.5) is 5.69 Å². The number of nitrogen functional groups attached to an aromatic ring is 1. The van der Waals surface area contributed by atoms with Crippen molar-refractivity contribution in [2.24, 2.45) is 7.05 Å². The van der Waals surface area contributed by atoms with E-state index >= 15 is 0 Å². The number of aryl methyl sites for hydroxylation is 1. The quantitative estimate of drug-likeness (QED) is 0.771. The van der Waals surface area contributed by atoms with E-state index in [1.165, 1.54) is 30.1 Å². The molecule has 1 aromatic heterocycles. The number of aromatic nitrogens is 4. The Morgan fingerprint density at radius 2 is 2.16 bits per heavy atom. The van der Waals surface area contributed by atoms with Crippen LogP contribution >= 0.6 is 0 Å². The summed E-state index contributed by atoms with van der Waals surface area (Å²) in [5.74, 6) is -0.0218. The van der Waals surface area contributed by atoms with Crippen molar-refractivity contribution >= 4 is 15.5 Å². The van der Waals surface area contributed by atoms with E-state index < -0.39 is 9.84 Å². The molecule has 1 heterocycles. The van der Waals surface area contributed by atoms with E-state index in [4.69, 9.17) is 10.5 Å². The molecule has 102 valence electrons. The van der Waals surface area contributed by atoms with E-state index in [0.29, 0.717) is 5.69 Å². The molecule has 0 spiro atoms. The lowest BCUT2D eigenvalue weighted by molar-refractivity contribution is 0.403. The molecule has 0 bridgehead atoms. The summed E-state index contributed by atoms with van der Waals surface area (Å²) in [4.78, 5) is 1.25. The van der Waals surface area contributed by atoms with Crippen LogP contribution in [0.3, 0.4) is 0 Å². The van der Waals surface area contributed by atoms with Gasteiger partial charge in [0.25, 0.3) is 0 Å². The van der Waals surface area contributed by atoms with Crippen LogP contribution in [0.5, 0.6) is 5.75 Å². The van der Waals surface area contributed by atoms with Gasteiger partial charge in [0.15, 0.2) is 15.7 Å². The van der Waals surface area contributed by atoms with Crippen molar-refractivity contribution in [1.29, 1.82) is 0 Å². The van der Waals surface area contributed by atoms with Crippen LogP contribution in [-0.2, 0) is 22.6 Å². The summed E-state index contributed by atoms with van der Waals surface area (Å²) in [6.07, 6.45) is 0. The highest BCUT2D eigenvalue weighted by Crippen LogP contribution is 2.28. The lowest BCUT2D eigenvalue weighted by Gasteiger charge is -2.08. The van der Waals surface area contributed by atoms with E-state index in [0.717, 1.165) is 0 Å². The standard InChI is InChI=1S/C10H13N5O3S/c1-15-13-10(12-14-15)6-19(16,17)9-4-3-7(11)5-8(9)18-2/h3-5H,6,11H2,1-2H3. The Balaban J connectivity index is 2.39. The number of hydrogen-bond acceptors (Lipinski definition) is 7. The van der Waals surface area contributed by atoms with E-state index in [2.05, 4.69) is 15.4 Å². The van der Waals surface area contributed by atoms with Crippen LogP contribution in [0.25, 0.3) is 0 Å². The van der Waals surface area contributed by atoms with Crippen LogP contribution in [-0.4, -0.2) is 35.7 Å². The highest BCUT2D eigenvalue weighted by Gasteiger charge is 2.22. The average Bonchev–Trinajstić information content (AvgIpc) is 2.73. The van der Waals surface area contributed by atoms with Crippen molar-refractivity contribution < 1.29 is 13.2 Å². The summed E-state index contributed by atoms with van der Waals surface area (Å²) in [6.45, 7) is 0. The second-order valence-corrected chi connectivity index (χ2v) is 5.82. The molecule has 8 nitrogen and oxygen atoms in total. The van der Waals surface area contributed by atoms with Gasteiger partial charge < -0.3 is 10.5 Å². The summed E-state index contributed by atoms with van der Waals surface area (Å²) in [5.41, 5.74) is 6.01. The number of methoxy groups -OCH3 is 1. The monoisotopic (exact) mass is 283 g/mol. The third kappa shape index (κ3) is 2.81. The number of sulfone groups is 1. The number of ether oxygens (including phenoxy) is 1.